The lowest BCUT2D eigenvalue weighted by Crippen LogP contribution is -2.67. The van der Waals surface area contributed by atoms with E-state index < -0.39 is 25.1 Å². The predicted molar refractivity (Wildman–Crippen MR) is 162 cm³/mol. The third-order valence-electron chi connectivity index (χ3n) is 7.91. The summed E-state index contributed by atoms with van der Waals surface area (Å²) in [7, 11) is 2.45. The van der Waals surface area contributed by atoms with Crippen LogP contribution >= 0.6 is 46.1 Å². The molecule has 0 radical (unpaired) electrons. The first-order valence-electron chi connectivity index (χ1n) is 12.8. The molecule has 3 aromatic rings. The number of sulfonamides is 1. The van der Waals surface area contributed by atoms with E-state index in [1.54, 1.807) is 23.6 Å². The number of nitrogens with one attached hydrogen (secondary N) is 1. The van der Waals surface area contributed by atoms with Crippen molar-refractivity contribution in [3.8, 4) is 11.5 Å². The first-order valence-corrected chi connectivity index (χ1v) is 16.3. The minimum Gasteiger partial charge on any atom is -0.497 e. The molecule has 1 heterocycles. The van der Waals surface area contributed by atoms with Crippen LogP contribution in [-0.4, -0.2) is 63.0 Å². The van der Waals surface area contributed by atoms with Crippen molar-refractivity contribution in [2.75, 3.05) is 37.9 Å². The molecule has 41 heavy (non-hydrogen) atoms. The first kappa shape index (κ1) is 30.4. The van der Waals surface area contributed by atoms with Crippen molar-refractivity contribution in [2.45, 2.75) is 40.7 Å². The molecule has 6 rings (SSSR count). The lowest BCUT2D eigenvalue weighted by molar-refractivity contribution is 0.00206. The number of nitrogens with zero attached hydrogens (tertiary/aromatic N) is 3. The van der Waals surface area contributed by atoms with E-state index in [2.05, 4.69) is 15.2 Å². The molecular formula is C27H30Cl3FN4O4S2. The number of hydrogen-bond acceptors (Lipinski definition) is 8. The van der Waals surface area contributed by atoms with E-state index in [4.69, 9.17) is 44.3 Å². The van der Waals surface area contributed by atoms with Crippen molar-refractivity contribution in [3.63, 3.8) is 0 Å². The summed E-state index contributed by atoms with van der Waals surface area (Å²) in [4.78, 5) is 5.69. The Hall–Kier alpha value is -2.02. The van der Waals surface area contributed by atoms with E-state index in [0.717, 1.165) is 34.2 Å². The second kappa shape index (κ2) is 11.6. The van der Waals surface area contributed by atoms with Gasteiger partial charge in [-0.25, -0.2) is 22.1 Å². The lowest BCUT2D eigenvalue weighted by atomic mass is 9.59. The van der Waals surface area contributed by atoms with E-state index in [1.807, 2.05) is 14.1 Å². The largest absolute Gasteiger partial charge is 0.497 e. The Labute approximate surface area is 258 Å². The quantitative estimate of drug-likeness (QED) is 0.256. The molecule has 1 unspecified atom stereocenters. The smallest absolute Gasteiger partial charge is 0.269 e. The van der Waals surface area contributed by atoms with E-state index in [0.29, 0.717) is 29.2 Å². The minimum atomic E-state index is -4.44. The Balaban J connectivity index is 1.46. The normalized spacial score (nSPS) is 23.1. The first-order chi connectivity index (χ1) is 19.4. The second-order valence-corrected chi connectivity index (χ2v) is 15.0. The number of aromatic nitrogens is 1. The van der Waals surface area contributed by atoms with Gasteiger partial charge in [-0.2, -0.15) is 0 Å². The Morgan fingerprint density at radius 2 is 1.93 bits per heavy atom. The van der Waals surface area contributed by atoms with E-state index in [1.165, 1.54) is 20.4 Å². The number of fused-ring (bicyclic) bond motifs is 2. The van der Waals surface area contributed by atoms with Crippen LogP contribution in [0.5, 0.6) is 11.5 Å². The van der Waals surface area contributed by atoms with Gasteiger partial charge in [0.2, 0.25) is 0 Å². The van der Waals surface area contributed by atoms with Crippen LogP contribution in [-0.2, 0) is 16.6 Å². The van der Waals surface area contributed by atoms with Gasteiger partial charge >= 0.3 is 0 Å². The molecule has 3 saturated carbocycles. The molecule has 8 nitrogen and oxygen atoms in total. The van der Waals surface area contributed by atoms with Crippen LogP contribution < -0.4 is 19.1 Å². The summed E-state index contributed by atoms with van der Waals surface area (Å²) in [5.74, 6) is 0.172. The maximum absolute atomic E-state index is 15.7. The second-order valence-electron chi connectivity index (χ2n) is 10.4. The third kappa shape index (κ3) is 5.57. The Morgan fingerprint density at radius 1 is 1.17 bits per heavy atom. The summed E-state index contributed by atoms with van der Waals surface area (Å²) in [5, 5.41) is 5.23. The van der Waals surface area contributed by atoms with Gasteiger partial charge in [-0.05, 0) is 57.1 Å². The van der Waals surface area contributed by atoms with Crippen molar-refractivity contribution < 1.29 is 22.3 Å². The van der Waals surface area contributed by atoms with Crippen LogP contribution in [0, 0.1) is 17.7 Å². The molecule has 1 N–H and O–H groups in total. The highest BCUT2D eigenvalue weighted by atomic mass is 35.5. The molecule has 0 spiro atoms. The Kier molecular flexibility index (Phi) is 8.59. The topological polar surface area (TPSA) is 84.0 Å². The van der Waals surface area contributed by atoms with E-state index >= 15 is 4.39 Å². The molecule has 14 heteroatoms. The number of hydrogen-bond donors (Lipinski definition) is 1. The van der Waals surface area contributed by atoms with Crippen molar-refractivity contribution in [1.82, 2.24) is 9.88 Å². The van der Waals surface area contributed by atoms with Crippen molar-refractivity contribution in [2.24, 2.45) is 11.8 Å². The molecule has 4 atom stereocenters. The minimum absolute atomic E-state index is 0.0163. The Morgan fingerprint density at radius 3 is 2.54 bits per heavy atom. The van der Waals surface area contributed by atoms with Gasteiger partial charge in [0.1, 0.15) is 26.5 Å². The maximum atomic E-state index is 15.7. The number of alkyl halides is 2. The molecule has 222 valence electrons. The number of thiazole rings is 1. The number of methoxy groups -OCH3 is 2. The highest BCUT2D eigenvalue weighted by Gasteiger charge is 2.62. The average Bonchev–Trinajstić information content (AvgIpc) is 3.47. The van der Waals surface area contributed by atoms with Gasteiger partial charge in [0, 0.05) is 41.2 Å². The zero-order valence-electron chi connectivity index (χ0n) is 22.8. The number of ether oxygens (including phenoxy) is 2. The fraction of sp³-hybridized carbons (Fsp3) is 0.444. The van der Waals surface area contributed by atoms with E-state index in [9.17, 15) is 8.42 Å². The van der Waals surface area contributed by atoms with Crippen molar-refractivity contribution >= 4 is 67.0 Å². The van der Waals surface area contributed by atoms with Gasteiger partial charge in [0.25, 0.3) is 10.0 Å². The predicted octanol–water partition coefficient (Wildman–Crippen LogP) is 6.27. The fourth-order valence-electron chi connectivity index (χ4n) is 5.86. The zero-order chi connectivity index (χ0) is 29.7. The molecule has 2 bridgehead atoms. The number of rotatable bonds is 10. The summed E-state index contributed by atoms with van der Waals surface area (Å²) in [6, 6.07) is 7.18. The molecule has 0 aliphatic heterocycles. The monoisotopic (exact) mass is 662 g/mol. The summed E-state index contributed by atoms with van der Waals surface area (Å²) < 4.78 is 54.6. The number of likely N-dealkylation sites (N-methyl/N-ethyl adjacent to an activating group) is 1. The van der Waals surface area contributed by atoms with Gasteiger partial charge in [-0.3, -0.25) is 0 Å². The van der Waals surface area contributed by atoms with Crippen LogP contribution in [0.15, 0.2) is 46.8 Å². The zero-order valence-corrected chi connectivity index (χ0v) is 26.7. The van der Waals surface area contributed by atoms with Gasteiger partial charge < -0.3 is 19.7 Å². The van der Waals surface area contributed by atoms with E-state index in [-0.39, 0.29) is 40.6 Å². The lowest BCUT2D eigenvalue weighted by Gasteiger charge is -2.60. The summed E-state index contributed by atoms with van der Waals surface area (Å²) in [6.07, 6.45) is 3.07. The summed E-state index contributed by atoms with van der Waals surface area (Å²) >= 11 is 20.9. The molecule has 3 fully saturated rings. The van der Waals surface area contributed by atoms with Crippen molar-refractivity contribution in [3.05, 3.63) is 58.3 Å². The highest BCUT2D eigenvalue weighted by Crippen LogP contribution is 2.61. The average molecular weight is 664 g/mol. The van der Waals surface area contributed by atoms with Crippen LogP contribution in [0.1, 0.15) is 18.4 Å². The Bertz CT molecular complexity index is 1520. The summed E-state index contributed by atoms with van der Waals surface area (Å²) in [6.45, 7) is -0.159. The molecule has 0 saturated heterocycles. The molecule has 3 aliphatic carbocycles. The summed E-state index contributed by atoms with van der Waals surface area (Å²) in [5.41, 5.74) is 0.839. The van der Waals surface area contributed by atoms with Gasteiger partial charge in [0.15, 0.2) is 5.13 Å². The van der Waals surface area contributed by atoms with Crippen LogP contribution in [0.25, 0.3) is 0 Å². The highest BCUT2D eigenvalue weighted by molar-refractivity contribution is 7.93. The van der Waals surface area contributed by atoms with Gasteiger partial charge in [0.05, 0.1) is 31.5 Å². The van der Waals surface area contributed by atoms with Crippen LogP contribution in [0.4, 0.5) is 15.2 Å². The molecule has 0 amide bonds. The van der Waals surface area contributed by atoms with Crippen LogP contribution in [0.2, 0.25) is 5.02 Å². The molecular weight excluding hydrogens is 634 g/mol. The van der Waals surface area contributed by atoms with Crippen LogP contribution in [0.3, 0.4) is 0 Å². The maximum Gasteiger partial charge on any atom is 0.269 e. The molecule has 1 aromatic heterocycles. The molecule has 3 aliphatic rings. The van der Waals surface area contributed by atoms with Gasteiger partial charge in [-0.1, -0.05) is 11.6 Å². The molecule has 2 aromatic carbocycles. The number of halogens is 4. The van der Waals surface area contributed by atoms with Gasteiger partial charge in [-0.15, -0.1) is 34.5 Å². The van der Waals surface area contributed by atoms with Crippen molar-refractivity contribution in [1.29, 1.82) is 0 Å². The third-order valence-corrected chi connectivity index (χ3v) is 12.1. The number of anilines is 2. The standard InChI is InChI=1S/C27H30Cl3FN4O4S2/c1-34(2)25-18-9-16(27(18,29)30)10-22(25)33-21-13-20(31)24(12-19(21)28)41(36,37)35(26-32-7-8-40-26)14-15-5-6-17(38-3)11-23(15)39-4/h5-8,11-13,16,18,22,25,33H,9-10,14H2,1-4H3/t16-,18?,22-,25-/m0/s1. The fourth-order valence-corrected chi connectivity index (χ4v) is 9.28. The SMILES string of the molecule is COc1ccc(CN(c2nccs2)S(=O)(=O)c2cc(Cl)c(N[C@H]3C[C@@H]4CC([C@@H]3N(C)C)C4(Cl)Cl)cc2F)c(OC)c1. The number of benzene rings is 2.